The molecule has 26 heavy (non-hydrogen) atoms. The van der Waals surface area contributed by atoms with Gasteiger partial charge >= 0.3 is 0 Å². The molecule has 128 valence electrons. The van der Waals surface area contributed by atoms with Crippen molar-refractivity contribution in [3.63, 3.8) is 0 Å². The molecule has 0 bridgehead atoms. The van der Waals surface area contributed by atoms with E-state index in [1.54, 1.807) is 0 Å². The van der Waals surface area contributed by atoms with E-state index in [9.17, 15) is 4.79 Å². The lowest BCUT2D eigenvalue weighted by Crippen LogP contribution is -2.31. The van der Waals surface area contributed by atoms with Gasteiger partial charge < -0.3 is 9.13 Å². The average molecular weight is 341 g/mol. The molecule has 1 aliphatic heterocycles. The molecule has 0 N–H and O–H groups in total. The Bertz CT molecular complexity index is 1140. The first-order valence-corrected chi connectivity index (χ1v) is 8.79. The van der Waals surface area contributed by atoms with Gasteiger partial charge in [-0.3, -0.25) is 9.69 Å². The number of amides is 1. The number of anilines is 1. The molecule has 0 fully saturated rings. The van der Waals surface area contributed by atoms with Crippen molar-refractivity contribution in [3.05, 3.63) is 89.7 Å². The second kappa shape index (κ2) is 5.63. The van der Waals surface area contributed by atoms with Gasteiger partial charge in [0.2, 0.25) is 0 Å². The van der Waals surface area contributed by atoms with Crippen LogP contribution in [0, 0.1) is 0 Å². The summed E-state index contributed by atoms with van der Waals surface area (Å²) in [6.45, 7) is 1.38. The van der Waals surface area contributed by atoms with Crippen LogP contribution in [-0.2, 0) is 20.1 Å². The van der Waals surface area contributed by atoms with Crippen LogP contribution in [0.1, 0.15) is 21.5 Å². The Balaban J connectivity index is 1.60. The minimum atomic E-state index is 0.0346. The SMILES string of the molecule is Cn1ccc2cc(C(=O)N3Cc4ccccc4Cn4cccc43)ccc21. The lowest BCUT2D eigenvalue weighted by Gasteiger charge is -2.22. The molecule has 4 aromatic rings. The van der Waals surface area contributed by atoms with Gasteiger partial charge in [-0.05, 0) is 47.5 Å². The van der Waals surface area contributed by atoms with Crippen LogP contribution in [0.4, 0.5) is 5.82 Å². The highest BCUT2D eigenvalue weighted by Crippen LogP contribution is 2.28. The first-order valence-electron chi connectivity index (χ1n) is 8.79. The summed E-state index contributed by atoms with van der Waals surface area (Å²) < 4.78 is 4.21. The highest BCUT2D eigenvalue weighted by molar-refractivity contribution is 6.07. The highest BCUT2D eigenvalue weighted by atomic mass is 16.2. The molecule has 1 aliphatic rings. The van der Waals surface area contributed by atoms with Crippen LogP contribution in [0.5, 0.6) is 0 Å². The number of rotatable bonds is 1. The zero-order valence-electron chi connectivity index (χ0n) is 14.6. The van der Waals surface area contributed by atoms with Gasteiger partial charge in [-0.1, -0.05) is 24.3 Å². The molecule has 4 heteroatoms. The number of fused-ring (bicyclic) bond motifs is 3. The number of hydrogen-bond acceptors (Lipinski definition) is 1. The van der Waals surface area contributed by atoms with Crippen LogP contribution in [0.25, 0.3) is 10.9 Å². The third kappa shape index (κ3) is 2.26. The van der Waals surface area contributed by atoms with Crippen LogP contribution in [0.3, 0.4) is 0 Å². The largest absolute Gasteiger partial charge is 0.351 e. The second-order valence-corrected chi connectivity index (χ2v) is 6.85. The molecule has 0 unspecified atom stereocenters. The van der Waals surface area contributed by atoms with Crippen molar-refractivity contribution in [1.82, 2.24) is 9.13 Å². The van der Waals surface area contributed by atoms with Crippen LogP contribution in [-0.4, -0.2) is 15.0 Å². The second-order valence-electron chi connectivity index (χ2n) is 6.85. The normalized spacial score (nSPS) is 13.3. The Hall–Kier alpha value is -3.27. The van der Waals surface area contributed by atoms with E-state index < -0.39 is 0 Å². The Kier molecular flexibility index (Phi) is 3.25. The van der Waals surface area contributed by atoms with Gasteiger partial charge in [-0.25, -0.2) is 0 Å². The summed E-state index contributed by atoms with van der Waals surface area (Å²) in [5, 5.41) is 1.09. The number of aryl methyl sites for hydroxylation is 1. The van der Waals surface area contributed by atoms with Crippen LogP contribution < -0.4 is 4.90 Å². The predicted molar refractivity (Wildman–Crippen MR) is 103 cm³/mol. The molecule has 1 amide bonds. The van der Waals surface area contributed by atoms with Gasteiger partial charge in [0, 0.05) is 42.5 Å². The fourth-order valence-corrected chi connectivity index (χ4v) is 3.83. The van der Waals surface area contributed by atoms with Gasteiger partial charge in [-0.2, -0.15) is 0 Å². The Morgan fingerprint density at radius 1 is 0.885 bits per heavy atom. The number of carbonyl (C=O) groups excluding carboxylic acids is 1. The summed E-state index contributed by atoms with van der Waals surface area (Å²) in [5.41, 5.74) is 4.31. The zero-order valence-corrected chi connectivity index (χ0v) is 14.6. The van der Waals surface area contributed by atoms with Crippen LogP contribution in [0.15, 0.2) is 73.1 Å². The van der Waals surface area contributed by atoms with Crippen molar-refractivity contribution in [2.45, 2.75) is 13.1 Å². The van der Waals surface area contributed by atoms with E-state index in [1.807, 2.05) is 66.8 Å². The summed E-state index contributed by atoms with van der Waals surface area (Å²) >= 11 is 0. The van der Waals surface area contributed by atoms with Crippen molar-refractivity contribution in [2.75, 3.05) is 4.90 Å². The minimum Gasteiger partial charge on any atom is -0.351 e. The van der Waals surface area contributed by atoms with Gasteiger partial charge in [0.05, 0.1) is 6.54 Å². The smallest absolute Gasteiger partial charge is 0.259 e. The number of carbonyl (C=O) groups is 1. The third-order valence-corrected chi connectivity index (χ3v) is 5.25. The van der Waals surface area contributed by atoms with E-state index in [-0.39, 0.29) is 5.91 Å². The third-order valence-electron chi connectivity index (χ3n) is 5.25. The number of benzene rings is 2. The van der Waals surface area contributed by atoms with Crippen molar-refractivity contribution >= 4 is 22.6 Å². The fraction of sp³-hybridized carbons (Fsp3) is 0.136. The van der Waals surface area contributed by atoms with Gasteiger partial charge in [-0.15, -0.1) is 0 Å². The maximum atomic E-state index is 13.4. The Labute approximate surface area is 151 Å². The molecule has 0 saturated heterocycles. The lowest BCUT2D eigenvalue weighted by atomic mass is 10.1. The van der Waals surface area contributed by atoms with E-state index >= 15 is 0 Å². The molecule has 0 spiro atoms. The minimum absolute atomic E-state index is 0.0346. The molecule has 2 aromatic carbocycles. The van der Waals surface area contributed by atoms with Gasteiger partial charge in [0.15, 0.2) is 0 Å². The molecule has 0 radical (unpaired) electrons. The molecule has 5 rings (SSSR count). The summed E-state index contributed by atoms with van der Waals surface area (Å²) in [5.74, 6) is 0.978. The monoisotopic (exact) mass is 341 g/mol. The first-order chi connectivity index (χ1) is 12.7. The van der Waals surface area contributed by atoms with E-state index in [1.165, 1.54) is 11.1 Å². The van der Waals surface area contributed by atoms with Crippen molar-refractivity contribution in [2.24, 2.45) is 7.05 Å². The fourth-order valence-electron chi connectivity index (χ4n) is 3.83. The lowest BCUT2D eigenvalue weighted by molar-refractivity contribution is 0.0984. The van der Waals surface area contributed by atoms with Crippen molar-refractivity contribution in [3.8, 4) is 0 Å². The summed E-state index contributed by atoms with van der Waals surface area (Å²) in [4.78, 5) is 15.3. The van der Waals surface area contributed by atoms with E-state index in [2.05, 4.69) is 27.3 Å². The average Bonchev–Trinajstić information content (AvgIpc) is 3.23. The van der Waals surface area contributed by atoms with Crippen LogP contribution in [0.2, 0.25) is 0 Å². The maximum absolute atomic E-state index is 13.4. The highest BCUT2D eigenvalue weighted by Gasteiger charge is 2.25. The molecule has 0 atom stereocenters. The number of aromatic nitrogens is 2. The van der Waals surface area contributed by atoms with Crippen molar-refractivity contribution in [1.29, 1.82) is 0 Å². The molecule has 0 aliphatic carbocycles. The Morgan fingerprint density at radius 3 is 2.54 bits per heavy atom. The molecule has 0 saturated carbocycles. The van der Waals surface area contributed by atoms with Gasteiger partial charge in [0.25, 0.3) is 5.91 Å². The molecule has 4 nitrogen and oxygen atoms in total. The summed E-state index contributed by atoms with van der Waals surface area (Å²) in [7, 11) is 2.02. The van der Waals surface area contributed by atoms with Crippen molar-refractivity contribution < 1.29 is 4.79 Å². The Morgan fingerprint density at radius 2 is 1.69 bits per heavy atom. The maximum Gasteiger partial charge on any atom is 0.259 e. The van der Waals surface area contributed by atoms with Crippen LogP contribution >= 0.6 is 0 Å². The molecular formula is C22H19N3O. The topological polar surface area (TPSA) is 30.2 Å². The van der Waals surface area contributed by atoms with E-state index in [0.29, 0.717) is 6.54 Å². The van der Waals surface area contributed by atoms with E-state index in [0.717, 1.165) is 28.8 Å². The van der Waals surface area contributed by atoms with E-state index in [4.69, 9.17) is 0 Å². The first kappa shape index (κ1) is 15.0. The molecule has 2 aromatic heterocycles. The summed E-state index contributed by atoms with van der Waals surface area (Å²) in [6.07, 6.45) is 4.06. The molecule has 3 heterocycles. The summed E-state index contributed by atoms with van der Waals surface area (Å²) in [6, 6.07) is 20.4. The molecular weight excluding hydrogens is 322 g/mol. The quantitative estimate of drug-likeness (QED) is 0.511. The standard InChI is InChI=1S/C22H19N3O/c1-23-12-10-16-13-17(8-9-20(16)23)22(26)25-15-19-6-3-2-5-18(19)14-24-11-4-7-21(24)25/h2-13H,14-15H2,1H3. The predicted octanol–water partition coefficient (Wildman–Crippen LogP) is 4.19. The van der Waals surface area contributed by atoms with Gasteiger partial charge in [0.1, 0.15) is 5.82 Å². The number of hydrogen-bond donors (Lipinski definition) is 0. The zero-order chi connectivity index (χ0) is 17.7. The number of nitrogens with zero attached hydrogens (tertiary/aromatic N) is 3.